The maximum absolute atomic E-state index is 14.2. The van der Waals surface area contributed by atoms with Crippen LogP contribution in [0.25, 0.3) is 16.8 Å². The predicted octanol–water partition coefficient (Wildman–Crippen LogP) is 4.49. The zero-order chi connectivity index (χ0) is 23.4. The second-order valence-electron chi connectivity index (χ2n) is 9.23. The second-order valence-corrected chi connectivity index (χ2v) is 9.23. The number of hydrogen-bond acceptors (Lipinski definition) is 5. The molecular weight excluding hydrogens is 410 g/mol. The van der Waals surface area contributed by atoms with E-state index in [0.717, 1.165) is 47.7 Å². The first kappa shape index (κ1) is 22.2. The molecule has 0 aliphatic carbocycles. The van der Waals surface area contributed by atoms with Gasteiger partial charge >= 0.3 is 5.92 Å². The van der Waals surface area contributed by atoms with Crippen LogP contribution in [0.4, 0.5) is 14.6 Å². The summed E-state index contributed by atoms with van der Waals surface area (Å²) in [5.41, 5.74) is 4.98. The van der Waals surface area contributed by atoms with E-state index in [1.165, 1.54) is 4.52 Å². The van der Waals surface area contributed by atoms with Gasteiger partial charge in [0, 0.05) is 31.1 Å². The van der Waals surface area contributed by atoms with Crippen LogP contribution >= 0.6 is 0 Å². The fraction of sp³-hybridized carbons (Fsp3) is 0.458. The standard InChI is InChI=1S/C24H28F2N6/c1-14-9-15(2)11-17(10-14)19-16(3)18(12-27)20-29-22(24(5,25)26)30-32(20)21(19)31-8-7-23(4,13-31)28-6/h9-11,28H,7-8,13H2,1-6H3/t23-/m0/s1. The highest BCUT2D eigenvalue weighted by molar-refractivity contribution is 5.85. The molecule has 8 heteroatoms. The monoisotopic (exact) mass is 438 g/mol. The number of aromatic nitrogens is 3. The number of halogens is 2. The van der Waals surface area contributed by atoms with E-state index >= 15 is 0 Å². The Hall–Kier alpha value is -3.05. The van der Waals surface area contributed by atoms with Gasteiger partial charge in [0.15, 0.2) is 5.65 Å². The molecule has 0 amide bonds. The molecule has 4 rings (SSSR count). The molecule has 0 unspecified atom stereocenters. The van der Waals surface area contributed by atoms with Gasteiger partial charge in [0.05, 0.1) is 0 Å². The molecule has 0 spiro atoms. The second kappa shape index (κ2) is 7.52. The molecule has 2 aromatic heterocycles. The number of alkyl halides is 2. The Morgan fingerprint density at radius 2 is 1.84 bits per heavy atom. The quantitative estimate of drug-likeness (QED) is 0.650. The smallest absolute Gasteiger partial charge is 0.305 e. The first-order valence-corrected chi connectivity index (χ1v) is 10.7. The summed E-state index contributed by atoms with van der Waals surface area (Å²) in [5.74, 6) is -3.10. The lowest BCUT2D eigenvalue weighted by molar-refractivity contribution is 0.00801. The molecule has 1 aromatic carbocycles. The van der Waals surface area contributed by atoms with Gasteiger partial charge in [-0.2, -0.15) is 18.6 Å². The first-order chi connectivity index (χ1) is 15.0. The molecule has 1 fully saturated rings. The summed E-state index contributed by atoms with van der Waals surface area (Å²) < 4.78 is 29.9. The van der Waals surface area contributed by atoms with Gasteiger partial charge in [-0.05, 0) is 52.3 Å². The van der Waals surface area contributed by atoms with E-state index in [0.29, 0.717) is 12.4 Å². The van der Waals surface area contributed by atoms with Gasteiger partial charge in [-0.15, -0.1) is 5.10 Å². The topological polar surface area (TPSA) is 69.2 Å². The van der Waals surface area contributed by atoms with Crippen molar-refractivity contribution in [3.63, 3.8) is 0 Å². The summed E-state index contributed by atoms with van der Waals surface area (Å²) in [6, 6.07) is 8.40. The average Bonchev–Trinajstić information content (AvgIpc) is 3.31. The molecule has 1 atom stereocenters. The van der Waals surface area contributed by atoms with E-state index in [-0.39, 0.29) is 16.7 Å². The maximum Gasteiger partial charge on any atom is 0.305 e. The van der Waals surface area contributed by atoms with Gasteiger partial charge in [-0.1, -0.05) is 29.3 Å². The predicted molar refractivity (Wildman–Crippen MR) is 121 cm³/mol. The van der Waals surface area contributed by atoms with Crippen LogP contribution in [0.5, 0.6) is 0 Å². The van der Waals surface area contributed by atoms with Crippen molar-refractivity contribution in [3.8, 4) is 17.2 Å². The van der Waals surface area contributed by atoms with Gasteiger partial charge in [-0.25, -0.2) is 4.98 Å². The van der Waals surface area contributed by atoms with Crippen molar-refractivity contribution in [2.45, 2.75) is 52.5 Å². The van der Waals surface area contributed by atoms with Gasteiger partial charge < -0.3 is 10.2 Å². The number of benzene rings is 1. The van der Waals surface area contributed by atoms with Gasteiger partial charge in [0.2, 0.25) is 5.82 Å². The summed E-state index contributed by atoms with van der Waals surface area (Å²) in [6.07, 6.45) is 0.891. The third-order valence-electron chi connectivity index (χ3n) is 6.40. The highest BCUT2D eigenvalue weighted by Gasteiger charge is 2.37. The zero-order valence-electron chi connectivity index (χ0n) is 19.3. The fourth-order valence-electron chi connectivity index (χ4n) is 4.61. The third-order valence-corrected chi connectivity index (χ3v) is 6.40. The van der Waals surface area contributed by atoms with Crippen molar-refractivity contribution >= 4 is 11.5 Å². The van der Waals surface area contributed by atoms with E-state index in [9.17, 15) is 14.0 Å². The van der Waals surface area contributed by atoms with Crippen molar-refractivity contribution in [1.82, 2.24) is 19.9 Å². The SMILES string of the molecule is CN[C@@]1(C)CCN(c2c(-c3cc(C)cc(C)c3)c(C)c(C#N)c3nc(C(C)(F)F)nn23)C1. The van der Waals surface area contributed by atoms with Crippen molar-refractivity contribution in [3.05, 3.63) is 46.3 Å². The summed E-state index contributed by atoms with van der Waals surface area (Å²) >= 11 is 0. The molecule has 6 nitrogen and oxygen atoms in total. The number of rotatable bonds is 4. The van der Waals surface area contributed by atoms with Crippen LogP contribution in [0.3, 0.4) is 0 Å². The number of fused-ring (bicyclic) bond motifs is 1. The molecule has 1 aliphatic rings. The van der Waals surface area contributed by atoms with Gasteiger partial charge in [0.25, 0.3) is 0 Å². The molecule has 3 heterocycles. The van der Waals surface area contributed by atoms with Crippen LogP contribution in [0.1, 0.15) is 48.3 Å². The summed E-state index contributed by atoms with van der Waals surface area (Å²) in [5, 5.41) is 17.5. The van der Waals surface area contributed by atoms with Crippen LogP contribution in [0, 0.1) is 32.1 Å². The van der Waals surface area contributed by atoms with Crippen molar-refractivity contribution in [2.75, 3.05) is 25.0 Å². The Kier molecular flexibility index (Phi) is 5.21. The van der Waals surface area contributed by atoms with Gasteiger partial charge in [-0.3, -0.25) is 0 Å². The highest BCUT2D eigenvalue weighted by atomic mass is 19.3. The van der Waals surface area contributed by atoms with Crippen molar-refractivity contribution in [2.24, 2.45) is 0 Å². The number of hydrogen-bond donors (Lipinski definition) is 1. The number of pyridine rings is 1. The number of nitrogens with zero attached hydrogens (tertiary/aromatic N) is 5. The molecule has 1 aliphatic heterocycles. The van der Waals surface area contributed by atoms with E-state index in [1.54, 1.807) is 0 Å². The van der Waals surface area contributed by atoms with E-state index in [1.807, 2.05) is 27.8 Å². The fourth-order valence-corrected chi connectivity index (χ4v) is 4.61. The largest absolute Gasteiger partial charge is 0.354 e. The molecule has 1 N–H and O–H groups in total. The number of likely N-dealkylation sites (N-methyl/N-ethyl adjacent to an activating group) is 1. The Morgan fingerprint density at radius 1 is 1.19 bits per heavy atom. The van der Waals surface area contributed by atoms with Crippen LogP contribution in [0.15, 0.2) is 18.2 Å². The summed E-state index contributed by atoms with van der Waals surface area (Å²) in [7, 11) is 1.93. The van der Waals surface area contributed by atoms with Gasteiger partial charge in [0.1, 0.15) is 17.5 Å². The Bertz CT molecular complexity index is 1230. The lowest BCUT2D eigenvalue weighted by Gasteiger charge is -2.28. The molecule has 1 saturated heterocycles. The number of anilines is 1. The minimum absolute atomic E-state index is 0.119. The van der Waals surface area contributed by atoms with Crippen LogP contribution in [0.2, 0.25) is 0 Å². The number of nitriles is 1. The Labute approximate surface area is 186 Å². The zero-order valence-corrected chi connectivity index (χ0v) is 19.3. The molecule has 0 saturated carbocycles. The number of nitrogens with one attached hydrogen (secondary N) is 1. The lowest BCUT2D eigenvalue weighted by Crippen LogP contribution is -2.42. The Balaban J connectivity index is 2.11. The summed E-state index contributed by atoms with van der Waals surface area (Å²) in [4.78, 5) is 6.27. The Morgan fingerprint density at radius 3 is 2.38 bits per heavy atom. The third kappa shape index (κ3) is 3.61. The van der Waals surface area contributed by atoms with E-state index in [2.05, 4.69) is 51.5 Å². The van der Waals surface area contributed by atoms with Crippen LogP contribution in [-0.2, 0) is 5.92 Å². The highest BCUT2D eigenvalue weighted by Crippen LogP contribution is 2.41. The normalized spacial score (nSPS) is 19.0. The van der Waals surface area contributed by atoms with E-state index < -0.39 is 11.7 Å². The van der Waals surface area contributed by atoms with Crippen LogP contribution < -0.4 is 10.2 Å². The maximum atomic E-state index is 14.2. The number of aryl methyl sites for hydroxylation is 2. The molecule has 3 aromatic rings. The first-order valence-electron chi connectivity index (χ1n) is 10.7. The molecule has 168 valence electrons. The van der Waals surface area contributed by atoms with Crippen molar-refractivity contribution in [1.29, 1.82) is 5.26 Å². The van der Waals surface area contributed by atoms with E-state index in [4.69, 9.17) is 0 Å². The van der Waals surface area contributed by atoms with Crippen LogP contribution in [-0.4, -0.2) is 40.3 Å². The molecular formula is C24H28F2N6. The molecule has 32 heavy (non-hydrogen) atoms. The summed E-state index contributed by atoms with van der Waals surface area (Å²) in [6.45, 7) is 10.2. The molecule has 0 bridgehead atoms. The molecule has 0 radical (unpaired) electrons. The van der Waals surface area contributed by atoms with Crippen molar-refractivity contribution < 1.29 is 8.78 Å². The minimum Gasteiger partial charge on any atom is -0.354 e. The lowest BCUT2D eigenvalue weighted by atomic mass is 9.94. The minimum atomic E-state index is -3.21. The average molecular weight is 439 g/mol.